The third-order valence-electron chi connectivity index (χ3n) is 3.18. The van der Waals surface area contributed by atoms with Crippen LogP contribution in [0.15, 0.2) is 48.5 Å². The van der Waals surface area contributed by atoms with Gasteiger partial charge in [0.05, 0.1) is 22.6 Å². The number of hydrogen-bond acceptors (Lipinski definition) is 6. The number of nitrogens with zero attached hydrogens (tertiary/aromatic N) is 2. The molecule has 0 unspecified atom stereocenters. The van der Waals surface area contributed by atoms with E-state index in [0.717, 1.165) is 0 Å². The van der Waals surface area contributed by atoms with E-state index in [2.05, 4.69) is 5.32 Å². The summed E-state index contributed by atoms with van der Waals surface area (Å²) in [5.74, 6) is -0.250. The molecule has 0 aliphatic carbocycles. The van der Waals surface area contributed by atoms with Crippen molar-refractivity contribution in [3.05, 3.63) is 74.3 Å². The van der Waals surface area contributed by atoms with Crippen molar-refractivity contribution in [3.63, 3.8) is 0 Å². The molecule has 0 bridgehead atoms. The minimum absolute atomic E-state index is 0.0528. The van der Waals surface area contributed by atoms with Crippen molar-refractivity contribution in [1.82, 2.24) is 0 Å². The van der Waals surface area contributed by atoms with Gasteiger partial charge in [0.2, 0.25) is 5.91 Å². The molecule has 25 heavy (non-hydrogen) atoms. The van der Waals surface area contributed by atoms with Crippen LogP contribution in [0.1, 0.15) is 5.56 Å². The van der Waals surface area contributed by atoms with Crippen molar-refractivity contribution in [1.29, 1.82) is 0 Å². The molecule has 0 spiro atoms. The molecule has 0 aliphatic rings. The summed E-state index contributed by atoms with van der Waals surface area (Å²) in [6.45, 7) is 0. The standard InChI is InChI=1S/C16H13N3O6/c1-25-15-8-7-13(19(23)24)10-14(15)17-16(20)9-4-11-2-5-12(6-3-11)18(21)22/h2-10H,1H3,(H,17,20)/b9-4+. The quantitative estimate of drug-likeness (QED) is 0.488. The highest BCUT2D eigenvalue weighted by atomic mass is 16.6. The Labute approximate surface area is 141 Å². The third kappa shape index (κ3) is 4.61. The predicted molar refractivity (Wildman–Crippen MR) is 90.4 cm³/mol. The summed E-state index contributed by atoms with van der Waals surface area (Å²) >= 11 is 0. The topological polar surface area (TPSA) is 125 Å². The van der Waals surface area contributed by atoms with Crippen LogP contribution in [0.5, 0.6) is 5.75 Å². The summed E-state index contributed by atoms with van der Waals surface area (Å²) in [6.07, 6.45) is 2.67. The van der Waals surface area contributed by atoms with Crippen LogP contribution in [0, 0.1) is 20.2 Å². The van der Waals surface area contributed by atoms with Gasteiger partial charge in [-0.05, 0) is 29.8 Å². The van der Waals surface area contributed by atoms with Gasteiger partial charge < -0.3 is 10.1 Å². The lowest BCUT2D eigenvalue weighted by molar-refractivity contribution is -0.385. The number of rotatable bonds is 6. The van der Waals surface area contributed by atoms with Crippen LogP contribution in [0.4, 0.5) is 17.1 Å². The fraction of sp³-hybridized carbons (Fsp3) is 0.0625. The monoisotopic (exact) mass is 343 g/mol. The Morgan fingerprint density at radius 3 is 2.20 bits per heavy atom. The lowest BCUT2D eigenvalue weighted by Gasteiger charge is -2.08. The summed E-state index contributed by atoms with van der Waals surface area (Å²) < 4.78 is 5.05. The van der Waals surface area contributed by atoms with Crippen molar-refractivity contribution in [3.8, 4) is 5.75 Å². The summed E-state index contributed by atoms with van der Waals surface area (Å²) in [7, 11) is 1.38. The second-order valence-corrected chi connectivity index (χ2v) is 4.81. The van der Waals surface area contributed by atoms with E-state index >= 15 is 0 Å². The van der Waals surface area contributed by atoms with E-state index in [9.17, 15) is 25.0 Å². The maximum atomic E-state index is 12.0. The lowest BCUT2D eigenvalue weighted by Crippen LogP contribution is -2.09. The summed E-state index contributed by atoms with van der Waals surface area (Å²) in [4.78, 5) is 32.3. The van der Waals surface area contributed by atoms with Crippen LogP contribution >= 0.6 is 0 Å². The van der Waals surface area contributed by atoms with Gasteiger partial charge in [-0.3, -0.25) is 25.0 Å². The molecule has 0 heterocycles. The molecular formula is C16H13N3O6. The number of amides is 1. The van der Waals surface area contributed by atoms with E-state index in [1.807, 2.05) is 0 Å². The zero-order valence-electron chi connectivity index (χ0n) is 13.0. The molecule has 0 aliphatic heterocycles. The van der Waals surface area contributed by atoms with Gasteiger partial charge in [0.1, 0.15) is 5.75 Å². The number of nitrogens with one attached hydrogen (secondary N) is 1. The van der Waals surface area contributed by atoms with Crippen LogP contribution in [-0.2, 0) is 4.79 Å². The molecule has 0 fully saturated rings. The second kappa shape index (κ2) is 7.68. The highest BCUT2D eigenvalue weighted by Crippen LogP contribution is 2.28. The largest absolute Gasteiger partial charge is 0.495 e. The van der Waals surface area contributed by atoms with Crippen molar-refractivity contribution >= 4 is 29.0 Å². The zero-order valence-corrected chi connectivity index (χ0v) is 13.0. The Morgan fingerprint density at radius 1 is 1.04 bits per heavy atom. The van der Waals surface area contributed by atoms with E-state index < -0.39 is 15.8 Å². The van der Waals surface area contributed by atoms with Gasteiger partial charge in [-0.25, -0.2) is 0 Å². The highest BCUT2D eigenvalue weighted by Gasteiger charge is 2.12. The van der Waals surface area contributed by atoms with Crippen LogP contribution in [0.2, 0.25) is 0 Å². The van der Waals surface area contributed by atoms with E-state index in [1.165, 1.54) is 61.7 Å². The van der Waals surface area contributed by atoms with Crippen molar-refractivity contribution < 1.29 is 19.4 Å². The fourth-order valence-electron chi connectivity index (χ4n) is 1.96. The Bertz CT molecular complexity index is 845. The number of nitro benzene ring substituents is 2. The molecule has 0 saturated heterocycles. The van der Waals surface area contributed by atoms with Gasteiger partial charge in [0.15, 0.2) is 0 Å². The molecule has 2 aromatic rings. The second-order valence-electron chi connectivity index (χ2n) is 4.81. The Morgan fingerprint density at radius 2 is 1.64 bits per heavy atom. The first-order valence-electron chi connectivity index (χ1n) is 6.96. The van der Waals surface area contributed by atoms with Gasteiger partial charge in [0, 0.05) is 30.3 Å². The first-order valence-corrected chi connectivity index (χ1v) is 6.96. The number of nitro groups is 2. The number of benzene rings is 2. The molecule has 0 radical (unpaired) electrons. The smallest absolute Gasteiger partial charge is 0.271 e. The Kier molecular flexibility index (Phi) is 5.41. The summed E-state index contributed by atoms with van der Waals surface area (Å²) in [5, 5.41) is 23.9. The van der Waals surface area contributed by atoms with Crippen LogP contribution in [0.3, 0.4) is 0 Å². The van der Waals surface area contributed by atoms with E-state index in [-0.39, 0.29) is 22.8 Å². The van der Waals surface area contributed by atoms with E-state index in [1.54, 1.807) is 0 Å². The fourth-order valence-corrected chi connectivity index (χ4v) is 1.96. The molecular weight excluding hydrogens is 330 g/mol. The van der Waals surface area contributed by atoms with Gasteiger partial charge in [-0.1, -0.05) is 0 Å². The molecule has 9 heteroatoms. The number of carbonyl (C=O) groups is 1. The number of non-ortho nitro benzene ring substituents is 2. The van der Waals surface area contributed by atoms with Crippen LogP contribution in [0.25, 0.3) is 6.08 Å². The minimum atomic E-state index is -0.582. The molecule has 2 rings (SSSR count). The third-order valence-corrected chi connectivity index (χ3v) is 3.18. The normalized spacial score (nSPS) is 10.4. The highest BCUT2D eigenvalue weighted by molar-refractivity contribution is 6.03. The van der Waals surface area contributed by atoms with Gasteiger partial charge in [-0.2, -0.15) is 0 Å². The number of hydrogen-bond donors (Lipinski definition) is 1. The van der Waals surface area contributed by atoms with Gasteiger partial charge in [0.25, 0.3) is 11.4 Å². The molecule has 2 aromatic carbocycles. The molecule has 1 N–H and O–H groups in total. The van der Waals surface area contributed by atoms with Crippen molar-refractivity contribution in [2.45, 2.75) is 0 Å². The Balaban J connectivity index is 2.12. The van der Waals surface area contributed by atoms with Crippen molar-refractivity contribution in [2.75, 3.05) is 12.4 Å². The van der Waals surface area contributed by atoms with E-state index in [0.29, 0.717) is 5.56 Å². The number of methoxy groups -OCH3 is 1. The number of carbonyl (C=O) groups excluding carboxylic acids is 1. The van der Waals surface area contributed by atoms with Gasteiger partial charge >= 0.3 is 0 Å². The molecule has 9 nitrogen and oxygen atoms in total. The molecule has 128 valence electrons. The number of ether oxygens (including phenoxy) is 1. The van der Waals surface area contributed by atoms with Crippen LogP contribution < -0.4 is 10.1 Å². The molecule has 0 aromatic heterocycles. The Hall–Kier alpha value is -3.75. The SMILES string of the molecule is COc1ccc([N+](=O)[O-])cc1NC(=O)/C=C/c1ccc([N+](=O)[O-])cc1. The van der Waals surface area contributed by atoms with Crippen LogP contribution in [-0.4, -0.2) is 22.9 Å². The zero-order chi connectivity index (χ0) is 18.4. The van der Waals surface area contributed by atoms with E-state index in [4.69, 9.17) is 4.74 Å². The number of anilines is 1. The average molecular weight is 343 g/mol. The first-order chi connectivity index (χ1) is 11.9. The summed E-state index contributed by atoms with van der Waals surface area (Å²) in [5.41, 5.74) is 0.514. The van der Waals surface area contributed by atoms with Crippen molar-refractivity contribution in [2.24, 2.45) is 0 Å². The maximum absolute atomic E-state index is 12.0. The van der Waals surface area contributed by atoms with Gasteiger partial charge in [-0.15, -0.1) is 0 Å². The molecule has 0 atom stereocenters. The maximum Gasteiger partial charge on any atom is 0.271 e. The summed E-state index contributed by atoms with van der Waals surface area (Å²) in [6, 6.07) is 9.47. The first kappa shape index (κ1) is 17.6. The molecule has 0 saturated carbocycles. The minimum Gasteiger partial charge on any atom is -0.495 e. The average Bonchev–Trinajstić information content (AvgIpc) is 2.60. The molecule has 1 amide bonds. The lowest BCUT2D eigenvalue weighted by atomic mass is 10.2. The predicted octanol–water partition coefficient (Wildman–Crippen LogP) is 3.16.